The van der Waals surface area contributed by atoms with Crippen LogP contribution < -0.4 is 0 Å². The fourth-order valence-corrected chi connectivity index (χ4v) is 0.415. The average Bonchev–Trinajstić information content (AvgIpc) is 1.65. The molecule has 7 heteroatoms. The van der Waals surface area contributed by atoms with E-state index < -0.39 is 17.3 Å². The van der Waals surface area contributed by atoms with Gasteiger partial charge in [-0.15, -0.1) is 0 Å². The first-order chi connectivity index (χ1) is 3.66. The van der Waals surface area contributed by atoms with E-state index in [-0.39, 0.29) is 109 Å². The zero-order valence-electron chi connectivity index (χ0n) is 4.29. The Bertz CT molecular complexity index is 117. The molecule has 0 amide bonds. The second kappa shape index (κ2) is 11.9. The fourth-order valence-electron chi connectivity index (χ4n) is 0.138. The molecule has 1 atom stereocenters. The molecule has 0 aliphatic carbocycles. The number of carbonyl (C=O) groups excluding carboxylic acids is 1. The number of hydrogen-bond acceptors (Lipinski definition) is 3. The number of carbonyl (C=O) groups is 1. The first kappa shape index (κ1) is 18.6. The van der Waals surface area contributed by atoms with Gasteiger partial charge in [-0.25, -0.2) is 0 Å². The fraction of sp³-hybridized carbons (Fsp3) is 0.667. The Balaban J connectivity index is -0.000000245. The van der Waals surface area contributed by atoms with E-state index in [1.807, 2.05) is 0 Å². The van der Waals surface area contributed by atoms with Gasteiger partial charge in [0.05, 0.1) is 0 Å². The van der Waals surface area contributed by atoms with Crippen LogP contribution in [0.2, 0.25) is 0 Å². The van der Waals surface area contributed by atoms with Crippen LogP contribution in [-0.4, -0.2) is 118 Å². The van der Waals surface area contributed by atoms with Gasteiger partial charge in [0, 0.05) is 6.42 Å². The van der Waals surface area contributed by atoms with Crippen LogP contribution in [0.3, 0.4) is 0 Å². The maximum atomic E-state index is 10.0. The van der Waals surface area contributed by atoms with Gasteiger partial charge in [-0.2, -0.15) is 4.21 Å². The average molecular weight is 218 g/mol. The van der Waals surface area contributed by atoms with E-state index in [0.717, 1.165) is 0 Å². The Labute approximate surface area is 147 Å². The molecule has 0 heterocycles. The summed E-state index contributed by atoms with van der Waals surface area (Å²) in [6.45, 7) is 1.54. The van der Waals surface area contributed by atoms with Gasteiger partial charge < -0.3 is 4.18 Å². The van der Waals surface area contributed by atoms with E-state index in [0.29, 0.717) is 0 Å². The van der Waals surface area contributed by atoms with E-state index in [4.69, 9.17) is 4.55 Å². The summed E-state index contributed by atoms with van der Waals surface area (Å²) >= 11 is -2.45. The molecule has 0 aromatic rings. The van der Waals surface area contributed by atoms with Crippen molar-refractivity contribution in [2.24, 2.45) is 0 Å². The number of rotatable bonds is 2. The molecule has 0 radical (unpaired) electrons. The Morgan fingerprint density at radius 1 is 1.60 bits per heavy atom. The van der Waals surface area contributed by atoms with Gasteiger partial charge in [-0.1, -0.05) is 6.92 Å². The van der Waals surface area contributed by atoms with Crippen LogP contribution in [0.4, 0.5) is 0 Å². The zero-order valence-corrected chi connectivity index (χ0v) is 5.10. The SMILES string of the molecule is CCC(=O)OS(=O)O.[KH].[KH]. The molecular weight excluding hydrogens is 210 g/mol. The molecule has 0 bridgehead atoms. The third-order valence-electron chi connectivity index (χ3n) is 0.453. The van der Waals surface area contributed by atoms with Crippen molar-refractivity contribution >= 4 is 120 Å². The standard InChI is InChI=1S/C3H6O4S.2K.2H/c1-2-3(4)7-8(5)6;;;;/h2H2,1H3,(H,5,6);;;;. The minimum atomic E-state index is -2.45. The van der Waals surface area contributed by atoms with Gasteiger partial charge in [0.2, 0.25) is 0 Å². The summed E-state index contributed by atoms with van der Waals surface area (Å²) in [6.07, 6.45) is 0.117. The van der Waals surface area contributed by atoms with Crippen LogP contribution in [0.25, 0.3) is 0 Å². The predicted octanol–water partition coefficient (Wildman–Crippen LogP) is -1.22. The molecule has 0 aliphatic rings. The minimum absolute atomic E-state index is 0. The van der Waals surface area contributed by atoms with Crippen molar-refractivity contribution in [2.45, 2.75) is 13.3 Å². The molecule has 0 aromatic heterocycles. The monoisotopic (exact) mass is 218 g/mol. The van der Waals surface area contributed by atoms with Crippen molar-refractivity contribution in [1.29, 1.82) is 0 Å². The van der Waals surface area contributed by atoms with Crippen LogP contribution in [0.5, 0.6) is 0 Å². The summed E-state index contributed by atoms with van der Waals surface area (Å²) in [5.41, 5.74) is 0. The normalized spacial score (nSPS) is 10.2. The van der Waals surface area contributed by atoms with Crippen LogP contribution >= 0.6 is 0 Å². The van der Waals surface area contributed by atoms with E-state index in [2.05, 4.69) is 4.18 Å². The third-order valence-corrected chi connectivity index (χ3v) is 0.781. The van der Waals surface area contributed by atoms with Gasteiger partial charge in [0.15, 0.2) is 0 Å². The molecule has 0 aliphatic heterocycles. The van der Waals surface area contributed by atoms with Gasteiger partial charge in [0.25, 0.3) is 0 Å². The van der Waals surface area contributed by atoms with Crippen LogP contribution in [0, 0.1) is 0 Å². The molecule has 0 spiro atoms. The van der Waals surface area contributed by atoms with Crippen molar-refractivity contribution in [1.82, 2.24) is 0 Å². The van der Waals surface area contributed by atoms with E-state index in [1.54, 1.807) is 0 Å². The van der Waals surface area contributed by atoms with Crippen LogP contribution in [0.15, 0.2) is 0 Å². The summed E-state index contributed by atoms with van der Waals surface area (Å²) in [5.74, 6) is -0.675. The molecule has 0 fully saturated rings. The molecule has 0 rings (SSSR count). The zero-order chi connectivity index (χ0) is 6.57. The second-order valence-electron chi connectivity index (χ2n) is 1.03. The number of hydrogen-bond donors (Lipinski definition) is 1. The van der Waals surface area contributed by atoms with Gasteiger partial charge in [0.1, 0.15) is 0 Å². The molecule has 52 valence electrons. The molecule has 1 unspecified atom stereocenters. The second-order valence-corrected chi connectivity index (χ2v) is 1.63. The summed E-state index contributed by atoms with van der Waals surface area (Å²) in [6, 6.07) is 0. The van der Waals surface area contributed by atoms with Crippen molar-refractivity contribution in [3.63, 3.8) is 0 Å². The Morgan fingerprint density at radius 2 is 2.00 bits per heavy atom. The summed E-state index contributed by atoms with van der Waals surface area (Å²) in [7, 11) is 0. The predicted molar refractivity (Wildman–Crippen MR) is 41.5 cm³/mol. The quantitative estimate of drug-likeness (QED) is 0.466. The van der Waals surface area contributed by atoms with Crippen molar-refractivity contribution in [3.8, 4) is 0 Å². The van der Waals surface area contributed by atoms with Crippen molar-refractivity contribution in [3.05, 3.63) is 0 Å². The molecule has 10 heavy (non-hydrogen) atoms. The molecular formula is C3H8K2O4S. The Hall–Kier alpha value is 2.85. The summed E-state index contributed by atoms with van der Waals surface area (Å²) in [5, 5.41) is 0. The van der Waals surface area contributed by atoms with Gasteiger partial charge in [-0.3, -0.25) is 9.35 Å². The first-order valence-corrected chi connectivity index (χ1v) is 3.02. The summed E-state index contributed by atoms with van der Waals surface area (Å²) in [4.78, 5) is 10.0. The van der Waals surface area contributed by atoms with Gasteiger partial charge in [-0.05, 0) is 0 Å². The van der Waals surface area contributed by atoms with Gasteiger partial charge >= 0.3 is 120 Å². The molecule has 0 saturated carbocycles. The summed E-state index contributed by atoms with van der Waals surface area (Å²) < 4.78 is 21.3. The molecule has 0 aromatic carbocycles. The third kappa shape index (κ3) is 13.4. The van der Waals surface area contributed by atoms with Crippen molar-refractivity contribution < 1.29 is 17.7 Å². The van der Waals surface area contributed by atoms with E-state index in [1.165, 1.54) is 6.92 Å². The van der Waals surface area contributed by atoms with Crippen molar-refractivity contribution in [2.75, 3.05) is 0 Å². The van der Waals surface area contributed by atoms with E-state index >= 15 is 0 Å². The molecule has 1 N–H and O–H groups in total. The molecule has 0 saturated heterocycles. The Morgan fingerprint density at radius 3 is 2.10 bits per heavy atom. The topological polar surface area (TPSA) is 63.6 Å². The van der Waals surface area contributed by atoms with Crippen LogP contribution in [0.1, 0.15) is 13.3 Å². The van der Waals surface area contributed by atoms with E-state index in [9.17, 15) is 9.00 Å². The Kier molecular flexibility index (Phi) is 22.0. The first-order valence-electron chi connectivity index (χ1n) is 1.98. The van der Waals surface area contributed by atoms with Crippen LogP contribution in [-0.2, 0) is 20.3 Å². The maximum absolute atomic E-state index is 10.0. The molecule has 4 nitrogen and oxygen atoms in total.